The third kappa shape index (κ3) is 3.17. The summed E-state index contributed by atoms with van der Waals surface area (Å²) in [5.41, 5.74) is -0.373. The van der Waals surface area contributed by atoms with E-state index in [0.29, 0.717) is 19.6 Å². The Bertz CT molecular complexity index is 431. The van der Waals surface area contributed by atoms with Gasteiger partial charge in [0.15, 0.2) is 0 Å². The van der Waals surface area contributed by atoms with E-state index in [1.807, 2.05) is 30.3 Å². The highest BCUT2D eigenvalue weighted by atomic mass is 16.5. The Morgan fingerprint density at radius 3 is 2.80 bits per heavy atom. The molecule has 0 saturated carbocycles. The Morgan fingerprint density at radius 1 is 1.50 bits per heavy atom. The molecule has 0 aromatic heterocycles. The first-order valence-electron chi connectivity index (χ1n) is 6.86. The van der Waals surface area contributed by atoms with E-state index in [-0.39, 0.29) is 6.10 Å². The van der Waals surface area contributed by atoms with Gasteiger partial charge in [0.05, 0.1) is 12.7 Å². The molecule has 5 heteroatoms. The summed E-state index contributed by atoms with van der Waals surface area (Å²) in [5, 5.41) is 12.6. The number of aliphatic carboxylic acids is 1. The number of likely N-dealkylation sites (N-methyl/N-ethyl adjacent to an activating group) is 1. The zero-order chi connectivity index (χ0) is 14.4. The van der Waals surface area contributed by atoms with Crippen LogP contribution in [0, 0.1) is 0 Å². The van der Waals surface area contributed by atoms with Gasteiger partial charge in [-0.3, -0.25) is 0 Å². The predicted octanol–water partition coefficient (Wildman–Crippen LogP) is 1.38. The standard InChI is InChI=1S/C15H21NO4/c1-16-15(14(17)18,12-5-3-2-4-6-12)8-10-20-13-7-9-19-11-13/h2-6,13,16H,7-11H2,1H3,(H,17,18). The van der Waals surface area contributed by atoms with Crippen molar-refractivity contribution in [2.75, 3.05) is 26.9 Å². The number of carboxylic acids is 1. The molecule has 1 saturated heterocycles. The largest absolute Gasteiger partial charge is 0.480 e. The van der Waals surface area contributed by atoms with E-state index < -0.39 is 11.5 Å². The molecule has 0 radical (unpaired) electrons. The maximum atomic E-state index is 11.7. The Morgan fingerprint density at radius 2 is 2.25 bits per heavy atom. The molecule has 2 atom stereocenters. The van der Waals surface area contributed by atoms with Crippen molar-refractivity contribution in [3.05, 3.63) is 35.9 Å². The Balaban J connectivity index is 2.05. The summed E-state index contributed by atoms with van der Waals surface area (Å²) in [7, 11) is 1.67. The normalized spacial score (nSPS) is 21.6. The van der Waals surface area contributed by atoms with Gasteiger partial charge >= 0.3 is 5.97 Å². The van der Waals surface area contributed by atoms with Crippen LogP contribution in [0.4, 0.5) is 0 Å². The highest BCUT2D eigenvalue weighted by molar-refractivity contribution is 5.80. The molecule has 1 aromatic rings. The second kappa shape index (κ2) is 6.83. The molecule has 2 rings (SSSR count). The van der Waals surface area contributed by atoms with Crippen LogP contribution in [-0.2, 0) is 19.8 Å². The van der Waals surface area contributed by atoms with E-state index in [1.54, 1.807) is 7.05 Å². The SMILES string of the molecule is CNC(CCOC1CCOC1)(C(=O)O)c1ccccc1. The number of carboxylic acid groups (broad SMARTS) is 1. The number of rotatable bonds is 7. The summed E-state index contributed by atoms with van der Waals surface area (Å²) in [6.45, 7) is 1.71. The first-order valence-corrected chi connectivity index (χ1v) is 6.86. The fourth-order valence-electron chi connectivity index (χ4n) is 2.50. The van der Waals surface area contributed by atoms with Gasteiger partial charge in [0.25, 0.3) is 0 Å². The van der Waals surface area contributed by atoms with Crippen molar-refractivity contribution in [3.8, 4) is 0 Å². The summed E-state index contributed by atoms with van der Waals surface area (Å²) in [6, 6.07) is 9.21. The van der Waals surface area contributed by atoms with Crippen molar-refractivity contribution >= 4 is 5.97 Å². The molecule has 1 aromatic carbocycles. The minimum absolute atomic E-state index is 0.0918. The Labute approximate surface area is 118 Å². The van der Waals surface area contributed by atoms with E-state index >= 15 is 0 Å². The Hall–Kier alpha value is -1.43. The summed E-state index contributed by atoms with van der Waals surface area (Å²) >= 11 is 0. The number of carbonyl (C=O) groups is 1. The summed E-state index contributed by atoms with van der Waals surface area (Å²) in [5.74, 6) is -0.891. The second-order valence-corrected chi connectivity index (χ2v) is 4.93. The Kier molecular flexibility index (Phi) is 5.11. The second-order valence-electron chi connectivity index (χ2n) is 4.93. The fourth-order valence-corrected chi connectivity index (χ4v) is 2.50. The monoisotopic (exact) mass is 279 g/mol. The molecule has 1 aliphatic heterocycles. The van der Waals surface area contributed by atoms with Crippen LogP contribution in [-0.4, -0.2) is 44.0 Å². The van der Waals surface area contributed by atoms with Crippen molar-refractivity contribution in [2.45, 2.75) is 24.5 Å². The average molecular weight is 279 g/mol. The van der Waals surface area contributed by atoms with Crippen LogP contribution in [0.5, 0.6) is 0 Å². The van der Waals surface area contributed by atoms with E-state index in [2.05, 4.69) is 5.32 Å². The molecule has 20 heavy (non-hydrogen) atoms. The number of benzene rings is 1. The van der Waals surface area contributed by atoms with Gasteiger partial charge in [0.2, 0.25) is 0 Å². The highest BCUT2D eigenvalue weighted by Crippen LogP contribution is 2.26. The minimum Gasteiger partial charge on any atom is -0.480 e. The lowest BCUT2D eigenvalue weighted by molar-refractivity contribution is -0.146. The highest BCUT2D eigenvalue weighted by Gasteiger charge is 2.38. The molecule has 1 heterocycles. The van der Waals surface area contributed by atoms with Gasteiger partial charge in [-0.15, -0.1) is 0 Å². The van der Waals surface area contributed by atoms with Crippen molar-refractivity contribution in [1.29, 1.82) is 0 Å². The average Bonchev–Trinajstić information content (AvgIpc) is 2.97. The molecule has 110 valence electrons. The maximum absolute atomic E-state index is 11.7. The molecule has 0 aliphatic carbocycles. The number of nitrogens with one attached hydrogen (secondary N) is 1. The summed E-state index contributed by atoms with van der Waals surface area (Å²) < 4.78 is 10.9. The van der Waals surface area contributed by atoms with Crippen LogP contribution in [0.25, 0.3) is 0 Å². The van der Waals surface area contributed by atoms with Crippen LogP contribution in [0.3, 0.4) is 0 Å². The lowest BCUT2D eigenvalue weighted by atomic mass is 9.87. The van der Waals surface area contributed by atoms with Crippen LogP contribution >= 0.6 is 0 Å². The quantitative estimate of drug-likeness (QED) is 0.789. The topological polar surface area (TPSA) is 67.8 Å². The first-order chi connectivity index (χ1) is 9.69. The van der Waals surface area contributed by atoms with Crippen LogP contribution in [0.15, 0.2) is 30.3 Å². The maximum Gasteiger partial charge on any atom is 0.328 e. The molecule has 2 unspecified atom stereocenters. The summed E-state index contributed by atoms with van der Waals surface area (Å²) in [4.78, 5) is 11.7. The van der Waals surface area contributed by atoms with E-state index in [4.69, 9.17) is 9.47 Å². The molecule has 0 amide bonds. The van der Waals surface area contributed by atoms with Gasteiger partial charge in [0, 0.05) is 19.6 Å². The predicted molar refractivity (Wildman–Crippen MR) is 74.6 cm³/mol. The molecule has 2 N–H and O–H groups in total. The zero-order valence-corrected chi connectivity index (χ0v) is 11.7. The zero-order valence-electron chi connectivity index (χ0n) is 11.7. The molecular weight excluding hydrogens is 258 g/mol. The van der Waals surface area contributed by atoms with Crippen molar-refractivity contribution in [3.63, 3.8) is 0 Å². The van der Waals surface area contributed by atoms with Crippen LogP contribution in [0.1, 0.15) is 18.4 Å². The van der Waals surface area contributed by atoms with Gasteiger partial charge in [-0.2, -0.15) is 0 Å². The summed E-state index contributed by atoms with van der Waals surface area (Å²) in [6.07, 6.45) is 1.35. The molecule has 1 aliphatic rings. The van der Waals surface area contributed by atoms with Gasteiger partial charge in [0.1, 0.15) is 5.54 Å². The van der Waals surface area contributed by atoms with E-state index in [1.165, 1.54) is 0 Å². The van der Waals surface area contributed by atoms with Gasteiger partial charge in [-0.1, -0.05) is 30.3 Å². The lowest BCUT2D eigenvalue weighted by Crippen LogP contribution is -2.48. The van der Waals surface area contributed by atoms with Crippen LogP contribution < -0.4 is 5.32 Å². The van der Waals surface area contributed by atoms with Crippen molar-refractivity contribution < 1.29 is 19.4 Å². The minimum atomic E-state index is -1.11. The van der Waals surface area contributed by atoms with Crippen molar-refractivity contribution in [2.24, 2.45) is 0 Å². The first kappa shape index (κ1) is 15.0. The molecule has 1 fully saturated rings. The number of hydrogen-bond acceptors (Lipinski definition) is 4. The number of ether oxygens (including phenoxy) is 2. The van der Waals surface area contributed by atoms with Crippen LogP contribution in [0.2, 0.25) is 0 Å². The van der Waals surface area contributed by atoms with Gasteiger partial charge < -0.3 is 19.9 Å². The van der Waals surface area contributed by atoms with Gasteiger partial charge in [-0.05, 0) is 19.0 Å². The molecule has 5 nitrogen and oxygen atoms in total. The third-order valence-corrected chi connectivity index (χ3v) is 3.78. The van der Waals surface area contributed by atoms with E-state index in [9.17, 15) is 9.90 Å². The lowest BCUT2D eigenvalue weighted by Gasteiger charge is -2.30. The smallest absolute Gasteiger partial charge is 0.328 e. The van der Waals surface area contributed by atoms with Gasteiger partial charge in [-0.25, -0.2) is 4.79 Å². The molecule has 0 bridgehead atoms. The van der Waals surface area contributed by atoms with E-state index in [0.717, 1.165) is 18.6 Å². The fraction of sp³-hybridized carbons (Fsp3) is 0.533. The third-order valence-electron chi connectivity index (χ3n) is 3.78. The van der Waals surface area contributed by atoms with Crippen molar-refractivity contribution in [1.82, 2.24) is 5.32 Å². The molecule has 0 spiro atoms. The number of hydrogen-bond donors (Lipinski definition) is 2. The molecular formula is C15H21NO4.